The lowest BCUT2D eigenvalue weighted by Gasteiger charge is -2.06. The Bertz CT molecular complexity index is 796. The SMILES string of the molecule is Nc1nc(/C(=N/OCc2cc(=O)c(O)cn2O)C(=O)O)cs1. The topological polar surface area (TPSA) is 160 Å². The maximum absolute atomic E-state index is 11.2. The van der Waals surface area contributed by atoms with Crippen molar-refractivity contribution in [3.8, 4) is 5.75 Å². The van der Waals surface area contributed by atoms with Gasteiger partial charge in [-0.3, -0.25) is 4.79 Å². The second-order valence-electron chi connectivity index (χ2n) is 3.95. The van der Waals surface area contributed by atoms with Crippen LogP contribution in [0.4, 0.5) is 5.13 Å². The second-order valence-corrected chi connectivity index (χ2v) is 4.84. The Kier molecular flexibility index (Phi) is 4.27. The van der Waals surface area contributed by atoms with Crippen LogP contribution in [0.25, 0.3) is 0 Å². The van der Waals surface area contributed by atoms with Crippen molar-refractivity contribution in [2.45, 2.75) is 6.61 Å². The summed E-state index contributed by atoms with van der Waals surface area (Å²) in [6.07, 6.45) is 0.782. The number of carboxylic acid groups (broad SMARTS) is 1. The predicted octanol–water partition coefficient (Wildman–Crippen LogP) is -0.165. The molecule has 2 rings (SSSR count). The van der Waals surface area contributed by atoms with Gasteiger partial charge in [0.25, 0.3) is 0 Å². The summed E-state index contributed by atoms with van der Waals surface area (Å²) < 4.78 is 0.466. The number of oxime groups is 1. The third-order valence-corrected chi connectivity index (χ3v) is 3.10. The number of nitrogens with two attached hydrogens (primary N) is 1. The van der Waals surface area contributed by atoms with Crippen LogP contribution >= 0.6 is 11.3 Å². The minimum absolute atomic E-state index is 0.0297. The average Bonchev–Trinajstić information content (AvgIpc) is 2.86. The second kappa shape index (κ2) is 6.13. The van der Waals surface area contributed by atoms with Crippen LogP contribution in [0.2, 0.25) is 0 Å². The van der Waals surface area contributed by atoms with E-state index < -0.39 is 29.5 Å². The Labute approximate surface area is 126 Å². The van der Waals surface area contributed by atoms with Gasteiger partial charge in [-0.15, -0.1) is 11.3 Å². The molecule has 11 heteroatoms. The summed E-state index contributed by atoms with van der Waals surface area (Å²) in [6, 6.07) is 0.923. The van der Waals surface area contributed by atoms with Gasteiger partial charge in [-0.05, 0) is 0 Å². The summed E-state index contributed by atoms with van der Waals surface area (Å²) in [5.74, 6) is -2.02. The lowest BCUT2D eigenvalue weighted by Crippen LogP contribution is -2.16. The molecule has 2 aromatic heterocycles. The summed E-state index contributed by atoms with van der Waals surface area (Å²) in [6.45, 7) is -0.400. The Morgan fingerprint density at radius 1 is 1.55 bits per heavy atom. The number of pyridine rings is 1. The van der Waals surface area contributed by atoms with Crippen LogP contribution in [0, 0.1) is 0 Å². The Balaban J connectivity index is 2.18. The molecule has 0 fully saturated rings. The van der Waals surface area contributed by atoms with E-state index in [1.54, 1.807) is 0 Å². The van der Waals surface area contributed by atoms with Crippen molar-refractivity contribution in [2.24, 2.45) is 5.16 Å². The predicted molar refractivity (Wildman–Crippen MR) is 75.0 cm³/mol. The molecule has 0 aromatic carbocycles. The molecule has 0 bridgehead atoms. The molecule has 2 aromatic rings. The first-order chi connectivity index (χ1) is 10.4. The molecule has 0 saturated heterocycles. The van der Waals surface area contributed by atoms with E-state index in [0.717, 1.165) is 23.6 Å². The van der Waals surface area contributed by atoms with E-state index in [-0.39, 0.29) is 16.5 Å². The number of rotatable bonds is 5. The fraction of sp³-hybridized carbons (Fsp3) is 0.0909. The van der Waals surface area contributed by atoms with E-state index in [4.69, 9.17) is 20.8 Å². The molecule has 5 N–H and O–H groups in total. The Morgan fingerprint density at radius 2 is 2.27 bits per heavy atom. The molecule has 0 saturated carbocycles. The van der Waals surface area contributed by atoms with Gasteiger partial charge < -0.3 is 26.0 Å². The molecule has 22 heavy (non-hydrogen) atoms. The van der Waals surface area contributed by atoms with Gasteiger partial charge in [0.05, 0.1) is 6.20 Å². The molecule has 0 atom stereocenters. The minimum atomic E-state index is -1.38. The lowest BCUT2D eigenvalue weighted by atomic mass is 10.3. The smallest absolute Gasteiger partial charge is 0.360 e. The third kappa shape index (κ3) is 3.32. The number of carboxylic acids is 1. The normalized spacial score (nSPS) is 11.4. The molecular weight excluding hydrogens is 316 g/mol. The number of aliphatic carboxylic acids is 1. The van der Waals surface area contributed by atoms with Gasteiger partial charge in [0.2, 0.25) is 11.1 Å². The van der Waals surface area contributed by atoms with Crippen molar-refractivity contribution < 1.29 is 25.1 Å². The van der Waals surface area contributed by atoms with Gasteiger partial charge >= 0.3 is 5.97 Å². The quantitative estimate of drug-likeness (QED) is 0.335. The average molecular weight is 326 g/mol. The number of nitrogen functional groups attached to an aromatic ring is 1. The molecular formula is C11H10N4O6S. The zero-order valence-corrected chi connectivity index (χ0v) is 11.6. The highest BCUT2D eigenvalue weighted by Crippen LogP contribution is 2.13. The molecule has 0 aliphatic rings. The van der Waals surface area contributed by atoms with Gasteiger partial charge in [0.15, 0.2) is 17.5 Å². The highest BCUT2D eigenvalue weighted by molar-refractivity contribution is 7.13. The van der Waals surface area contributed by atoms with Crippen molar-refractivity contribution in [2.75, 3.05) is 5.73 Å². The molecule has 0 unspecified atom stereocenters. The largest absolute Gasteiger partial charge is 0.503 e. The Hall–Kier alpha value is -3.08. The maximum Gasteiger partial charge on any atom is 0.360 e. The first kappa shape index (κ1) is 15.3. The molecule has 0 aliphatic heterocycles. The number of thiazole rings is 1. The van der Waals surface area contributed by atoms with Crippen LogP contribution in [-0.2, 0) is 16.2 Å². The number of aromatic hydroxyl groups is 1. The summed E-state index contributed by atoms with van der Waals surface area (Å²) in [7, 11) is 0. The van der Waals surface area contributed by atoms with E-state index in [0.29, 0.717) is 4.73 Å². The number of aromatic nitrogens is 2. The fourth-order valence-corrected chi connectivity index (χ4v) is 1.96. The first-order valence-corrected chi connectivity index (χ1v) is 6.55. The van der Waals surface area contributed by atoms with Crippen molar-refractivity contribution in [1.82, 2.24) is 9.71 Å². The summed E-state index contributed by atoms with van der Waals surface area (Å²) in [5.41, 5.74) is 4.21. The molecule has 0 aliphatic carbocycles. The van der Waals surface area contributed by atoms with Crippen LogP contribution in [0.3, 0.4) is 0 Å². The fourth-order valence-electron chi connectivity index (χ4n) is 1.42. The number of carbonyl (C=O) groups is 1. The van der Waals surface area contributed by atoms with Gasteiger partial charge in [-0.2, -0.15) is 4.73 Å². The molecule has 10 nitrogen and oxygen atoms in total. The molecule has 0 amide bonds. The van der Waals surface area contributed by atoms with Gasteiger partial charge in [0, 0.05) is 11.4 Å². The summed E-state index contributed by atoms with van der Waals surface area (Å²) >= 11 is 1.04. The van der Waals surface area contributed by atoms with Crippen LogP contribution in [0.15, 0.2) is 27.6 Å². The highest BCUT2D eigenvalue weighted by Gasteiger charge is 2.17. The first-order valence-electron chi connectivity index (χ1n) is 5.67. The van der Waals surface area contributed by atoms with Crippen molar-refractivity contribution in [1.29, 1.82) is 0 Å². The third-order valence-electron chi connectivity index (χ3n) is 2.42. The van der Waals surface area contributed by atoms with E-state index in [2.05, 4.69) is 10.1 Å². The van der Waals surface area contributed by atoms with Gasteiger partial charge in [-0.1, -0.05) is 5.16 Å². The van der Waals surface area contributed by atoms with Crippen LogP contribution < -0.4 is 11.2 Å². The Morgan fingerprint density at radius 3 is 2.86 bits per heavy atom. The van der Waals surface area contributed by atoms with Crippen molar-refractivity contribution in [3.05, 3.63) is 39.3 Å². The summed E-state index contributed by atoms with van der Waals surface area (Å²) in [4.78, 5) is 30.9. The van der Waals surface area contributed by atoms with Gasteiger partial charge in [-0.25, -0.2) is 9.78 Å². The number of anilines is 1. The monoisotopic (exact) mass is 326 g/mol. The van der Waals surface area contributed by atoms with Crippen LogP contribution in [0.5, 0.6) is 5.75 Å². The molecule has 116 valence electrons. The van der Waals surface area contributed by atoms with E-state index in [1.807, 2.05) is 0 Å². The zero-order chi connectivity index (χ0) is 16.3. The van der Waals surface area contributed by atoms with E-state index in [9.17, 15) is 14.8 Å². The molecule has 0 spiro atoms. The molecule has 0 radical (unpaired) electrons. The number of hydrogen-bond donors (Lipinski definition) is 4. The van der Waals surface area contributed by atoms with E-state index in [1.165, 1.54) is 5.38 Å². The van der Waals surface area contributed by atoms with Crippen molar-refractivity contribution >= 4 is 28.1 Å². The zero-order valence-electron chi connectivity index (χ0n) is 10.8. The number of nitrogens with zero attached hydrogens (tertiary/aromatic N) is 3. The standard InChI is InChI=1S/C11H10N4O6S/c12-11-13-6(4-22-11)9(10(18)19)14-21-3-5-1-7(16)8(17)2-15(5)20/h1-2,4,17,20H,3H2,(H2,12,13)(H,18,19)/b14-9-. The van der Waals surface area contributed by atoms with Crippen LogP contribution in [-0.4, -0.2) is 36.8 Å². The summed E-state index contributed by atoms with van der Waals surface area (Å²) in [5, 5.41) is 32.6. The minimum Gasteiger partial charge on any atom is -0.503 e. The highest BCUT2D eigenvalue weighted by atomic mass is 32.1. The van der Waals surface area contributed by atoms with Gasteiger partial charge in [0.1, 0.15) is 11.4 Å². The lowest BCUT2D eigenvalue weighted by molar-refractivity contribution is -0.129. The maximum atomic E-state index is 11.2. The van der Waals surface area contributed by atoms with E-state index >= 15 is 0 Å². The molecule has 2 heterocycles. The van der Waals surface area contributed by atoms with Crippen molar-refractivity contribution in [3.63, 3.8) is 0 Å². The van der Waals surface area contributed by atoms with Crippen LogP contribution in [0.1, 0.15) is 11.4 Å². The number of hydrogen-bond acceptors (Lipinski definition) is 9.